The topological polar surface area (TPSA) is 57.7 Å². The first-order chi connectivity index (χ1) is 11.9. The summed E-state index contributed by atoms with van der Waals surface area (Å²) in [5.74, 6) is -0.133. The number of fused-ring (bicyclic) bond motifs is 1. The summed E-state index contributed by atoms with van der Waals surface area (Å²) in [5.41, 5.74) is 1.15. The minimum absolute atomic E-state index is 0.0625. The van der Waals surface area contributed by atoms with Gasteiger partial charge in [-0.15, -0.1) is 0 Å². The Morgan fingerprint density at radius 2 is 1.48 bits per heavy atom. The van der Waals surface area contributed by atoms with Crippen LogP contribution in [0, 0.1) is 0 Å². The number of hydrogen-bond donors (Lipinski definition) is 0. The lowest BCUT2D eigenvalue weighted by atomic mass is 10.1. The highest BCUT2D eigenvalue weighted by Gasteiger charge is 2.54. The number of carbonyl (C=O) groups is 1. The zero-order chi connectivity index (χ0) is 17.8. The fraction of sp³-hybridized carbons (Fsp3) is 0.235. The van der Waals surface area contributed by atoms with Crippen LogP contribution in [0.15, 0.2) is 48.5 Å². The highest BCUT2D eigenvalue weighted by Crippen LogP contribution is 2.40. The number of sulfone groups is 1. The van der Waals surface area contributed by atoms with Crippen LogP contribution in [0.5, 0.6) is 0 Å². The lowest BCUT2D eigenvalue weighted by Crippen LogP contribution is -2.38. The van der Waals surface area contributed by atoms with Gasteiger partial charge in [-0.1, -0.05) is 35.3 Å². The summed E-state index contributed by atoms with van der Waals surface area (Å²) in [4.78, 5) is 16.2. The molecule has 2 aliphatic heterocycles. The molecule has 0 spiro atoms. The molecule has 0 aromatic heterocycles. The van der Waals surface area contributed by atoms with Crippen molar-refractivity contribution in [3.05, 3.63) is 58.6 Å². The first-order valence-electron chi connectivity index (χ1n) is 7.70. The van der Waals surface area contributed by atoms with Crippen LogP contribution in [0.3, 0.4) is 0 Å². The largest absolute Gasteiger partial charge is 0.329 e. The van der Waals surface area contributed by atoms with Crippen LogP contribution in [-0.2, 0) is 9.84 Å². The van der Waals surface area contributed by atoms with Gasteiger partial charge in [0.15, 0.2) is 9.84 Å². The standard InChI is InChI=1S/C17H14Cl2N2O3S/c18-11-5-7-12(8-6-11)20-15-9-25(23,24)10-16(15)21(17(20)22)14-4-2-1-3-13(14)19/h1-8,15-16H,9-10H2/t15-,16-/m0/s1. The summed E-state index contributed by atoms with van der Waals surface area (Å²) < 4.78 is 24.4. The normalized spacial score (nSPS) is 24.6. The van der Waals surface area contributed by atoms with Gasteiger partial charge in [-0.2, -0.15) is 0 Å². The van der Waals surface area contributed by atoms with Crippen molar-refractivity contribution >= 4 is 50.4 Å². The molecule has 25 heavy (non-hydrogen) atoms. The average molecular weight is 397 g/mol. The number of urea groups is 1. The minimum Gasteiger partial charge on any atom is -0.288 e. The molecule has 0 radical (unpaired) electrons. The summed E-state index contributed by atoms with van der Waals surface area (Å²) in [6.07, 6.45) is 0. The third kappa shape index (κ3) is 2.78. The molecule has 4 rings (SSSR count). The van der Waals surface area contributed by atoms with Gasteiger partial charge in [0.05, 0.1) is 34.3 Å². The maximum atomic E-state index is 13.1. The molecule has 2 aromatic carbocycles. The van der Waals surface area contributed by atoms with Gasteiger partial charge in [0, 0.05) is 10.7 Å². The molecule has 0 N–H and O–H groups in total. The van der Waals surface area contributed by atoms with E-state index >= 15 is 0 Å². The average Bonchev–Trinajstić information content (AvgIpc) is 2.99. The molecule has 2 amide bonds. The molecule has 2 saturated heterocycles. The van der Waals surface area contributed by atoms with Crippen molar-refractivity contribution in [3.63, 3.8) is 0 Å². The molecule has 0 aliphatic carbocycles. The highest BCUT2D eigenvalue weighted by molar-refractivity contribution is 7.91. The van der Waals surface area contributed by atoms with E-state index < -0.39 is 21.9 Å². The quantitative estimate of drug-likeness (QED) is 0.728. The highest BCUT2D eigenvalue weighted by atomic mass is 35.5. The maximum Gasteiger partial charge on any atom is 0.329 e. The Morgan fingerprint density at radius 1 is 0.880 bits per heavy atom. The molecular weight excluding hydrogens is 383 g/mol. The molecule has 8 heteroatoms. The minimum atomic E-state index is -3.24. The van der Waals surface area contributed by atoms with E-state index in [1.807, 2.05) is 0 Å². The third-order valence-electron chi connectivity index (χ3n) is 4.59. The summed E-state index contributed by atoms with van der Waals surface area (Å²) in [7, 11) is -3.24. The fourth-order valence-electron chi connectivity index (χ4n) is 3.54. The van der Waals surface area contributed by atoms with Gasteiger partial charge in [0.1, 0.15) is 0 Å². The smallest absolute Gasteiger partial charge is 0.288 e. The molecule has 2 aromatic rings. The van der Waals surface area contributed by atoms with Crippen LogP contribution in [0.4, 0.5) is 16.2 Å². The second kappa shape index (κ2) is 5.90. The third-order valence-corrected chi connectivity index (χ3v) is 6.86. The fourth-order valence-corrected chi connectivity index (χ4v) is 5.81. The molecule has 2 atom stereocenters. The zero-order valence-corrected chi connectivity index (χ0v) is 15.3. The van der Waals surface area contributed by atoms with E-state index in [9.17, 15) is 13.2 Å². The van der Waals surface area contributed by atoms with E-state index in [-0.39, 0.29) is 17.5 Å². The summed E-state index contributed by atoms with van der Waals surface area (Å²) in [5, 5.41) is 0.964. The Kier molecular flexibility index (Phi) is 3.94. The van der Waals surface area contributed by atoms with Crippen LogP contribution in [0.25, 0.3) is 0 Å². The molecule has 130 valence electrons. The Morgan fingerprint density at radius 3 is 2.12 bits per heavy atom. The second-order valence-electron chi connectivity index (χ2n) is 6.16. The van der Waals surface area contributed by atoms with Gasteiger partial charge < -0.3 is 0 Å². The van der Waals surface area contributed by atoms with Gasteiger partial charge in [0.25, 0.3) is 0 Å². The van der Waals surface area contributed by atoms with Gasteiger partial charge in [0.2, 0.25) is 0 Å². The molecule has 0 unspecified atom stereocenters. The van der Waals surface area contributed by atoms with Crippen molar-refractivity contribution in [2.24, 2.45) is 0 Å². The van der Waals surface area contributed by atoms with Crippen LogP contribution in [0.1, 0.15) is 0 Å². The second-order valence-corrected chi connectivity index (χ2v) is 9.16. The molecule has 0 saturated carbocycles. The molecule has 5 nitrogen and oxygen atoms in total. The number of halogens is 2. The van der Waals surface area contributed by atoms with Crippen LogP contribution >= 0.6 is 23.2 Å². The number of rotatable bonds is 2. The Bertz CT molecular complexity index is 947. The van der Waals surface area contributed by atoms with Crippen LogP contribution < -0.4 is 9.80 Å². The van der Waals surface area contributed by atoms with E-state index in [1.165, 1.54) is 9.80 Å². The lowest BCUT2D eigenvalue weighted by molar-refractivity contribution is 0.255. The molecule has 2 aliphatic rings. The first-order valence-corrected chi connectivity index (χ1v) is 10.3. The number of hydrogen-bond acceptors (Lipinski definition) is 3. The van der Waals surface area contributed by atoms with Crippen molar-refractivity contribution in [2.45, 2.75) is 12.1 Å². The van der Waals surface area contributed by atoms with Gasteiger partial charge in [-0.05, 0) is 36.4 Å². The van der Waals surface area contributed by atoms with Crippen molar-refractivity contribution in [1.29, 1.82) is 0 Å². The molecule has 2 heterocycles. The van der Waals surface area contributed by atoms with Crippen molar-refractivity contribution < 1.29 is 13.2 Å². The maximum absolute atomic E-state index is 13.1. The van der Waals surface area contributed by atoms with Gasteiger partial charge in [-0.25, -0.2) is 13.2 Å². The predicted molar refractivity (Wildman–Crippen MR) is 99.5 cm³/mol. The summed E-state index contributed by atoms with van der Waals surface area (Å²) in [6.45, 7) is 0. The van der Waals surface area contributed by atoms with E-state index in [2.05, 4.69) is 0 Å². The SMILES string of the molecule is O=C1N(c2ccc(Cl)cc2)[C@H]2CS(=O)(=O)C[C@@H]2N1c1ccccc1Cl. The number of amides is 2. The number of anilines is 2. The molecular formula is C17H14Cl2N2O3S. The van der Waals surface area contributed by atoms with E-state index in [4.69, 9.17) is 23.2 Å². The molecule has 2 fully saturated rings. The van der Waals surface area contributed by atoms with E-state index in [0.717, 1.165) is 0 Å². The van der Waals surface area contributed by atoms with Crippen molar-refractivity contribution in [1.82, 2.24) is 0 Å². The van der Waals surface area contributed by atoms with Crippen molar-refractivity contribution in [2.75, 3.05) is 21.3 Å². The summed E-state index contributed by atoms with van der Waals surface area (Å²) >= 11 is 12.2. The first kappa shape index (κ1) is 16.7. The zero-order valence-electron chi connectivity index (χ0n) is 13.0. The van der Waals surface area contributed by atoms with Crippen LogP contribution in [-0.4, -0.2) is 38.0 Å². The molecule has 0 bridgehead atoms. The number of carbonyl (C=O) groups excluding carboxylic acids is 1. The Labute approximate surface area is 155 Å². The number of para-hydroxylation sites is 1. The van der Waals surface area contributed by atoms with Gasteiger partial charge in [-0.3, -0.25) is 9.80 Å². The van der Waals surface area contributed by atoms with Crippen molar-refractivity contribution in [3.8, 4) is 0 Å². The van der Waals surface area contributed by atoms with Gasteiger partial charge >= 0.3 is 6.03 Å². The lowest BCUT2D eigenvalue weighted by Gasteiger charge is -2.23. The Balaban J connectivity index is 1.83. The number of benzene rings is 2. The monoisotopic (exact) mass is 396 g/mol. The van der Waals surface area contributed by atoms with E-state index in [0.29, 0.717) is 21.4 Å². The van der Waals surface area contributed by atoms with Crippen LogP contribution in [0.2, 0.25) is 10.0 Å². The van der Waals surface area contributed by atoms with E-state index in [1.54, 1.807) is 48.5 Å². The Hall–Kier alpha value is -1.76. The predicted octanol–water partition coefficient (Wildman–Crippen LogP) is 3.61. The summed E-state index contributed by atoms with van der Waals surface area (Å²) in [6, 6.07) is 12.6. The number of nitrogens with zero attached hydrogens (tertiary/aromatic N) is 2.